The van der Waals surface area contributed by atoms with Crippen molar-refractivity contribution in [2.45, 2.75) is 39.3 Å². The topological polar surface area (TPSA) is 34.4 Å². The summed E-state index contributed by atoms with van der Waals surface area (Å²) >= 11 is 0. The third-order valence-corrected chi connectivity index (χ3v) is 3.26. The molecule has 3 nitrogen and oxygen atoms in total. The molecule has 0 saturated heterocycles. The Hall–Kier alpha value is -1.74. The van der Waals surface area contributed by atoms with Crippen molar-refractivity contribution in [3.8, 4) is 5.75 Å². The number of aryl methyl sites for hydroxylation is 1. The Kier molecular flexibility index (Phi) is 4.85. The van der Waals surface area contributed by atoms with Gasteiger partial charge in [-0.25, -0.2) is 0 Å². The predicted molar refractivity (Wildman–Crippen MR) is 81.2 cm³/mol. The fraction of sp³-hybridized carbons (Fsp3) is 0.412. The largest absolute Gasteiger partial charge is 0.491 e. The van der Waals surface area contributed by atoms with Gasteiger partial charge in [0, 0.05) is 12.0 Å². The minimum absolute atomic E-state index is 0.124. The molecule has 1 aromatic carbocycles. The second-order valence-electron chi connectivity index (χ2n) is 5.11. The zero-order valence-corrected chi connectivity index (χ0v) is 12.6. The van der Waals surface area contributed by atoms with Gasteiger partial charge in [0.15, 0.2) is 0 Å². The molecule has 0 saturated carbocycles. The molecule has 0 bridgehead atoms. The van der Waals surface area contributed by atoms with E-state index in [-0.39, 0.29) is 12.1 Å². The number of furan rings is 1. The van der Waals surface area contributed by atoms with Crippen LogP contribution in [0.1, 0.15) is 43.7 Å². The van der Waals surface area contributed by atoms with Gasteiger partial charge in [-0.15, -0.1) is 0 Å². The van der Waals surface area contributed by atoms with E-state index in [1.807, 2.05) is 39.1 Å². The molecule has 1 atom stereocenters. The Labute approximate surface area is 121 Å². The molecular formula is C17H23NO2. The molecule has 1 unspecified atom stereocenters. The highest BCUT2D eigenvalue weighted by molar-refractivity contribution is 5.37. The minimum atomic E-state index is 0.124. The highest BCUT2D eigenvalue weighted by Gasteiger charge is 2.18. The van der Waals surface area contributed by atoms with Crippen LogP contribution in [0.4, 0.5) is 0 Å². The quantitative estimate of drug-likeness (QED) is 0.865. The standard InChI is InChI=1S/C17H23NO2/c1-5-16-15(9-10-19-16)17(18-4)13-7-6-8-14(11-13)20-12(2)3/h6-12,17-18H,5H2,1-4H3. The van der Waals surface area contributed by atoms with E-state index in [0.717, 1.165) is 17.9 Å². The van der Waals surface area contributed by atoms with Crippen LogP contribution in [0.25, 0.3) is 0 Å². The SMILES string of the molecule is CCc1occc1C(NC)c1cccc(OC(C)C)c1. The van der Waals surface area contributed by atoms with Crippen LogP contribution < -0.4 is 10.1 Å². The van der Waals surface area contributed by atoms with Crippen LogP contribution in [0.2, 0.25) is 0 Å². The molecule has 20 heavy (non-hydrogen) atoms. The summed E-state index contributed by atoms with van der Waals surface area (Å²) in [5.41, 5.74) is 2.37. The van der Waals surface area contributed by atoms with Gasteiger partial charge in [-0.05, 0) is 44.7 Å². The minimum Gasteiger partial charge on any atom is -0.491 e. The number of hydrogen-bond donors (Lipinski definition) is 1. The fourth-order valence-electron chi connectivity index (χ4n) is 2.44. The molecular weight excluding hydrogens is 250 g/mol. The molecule has 0 aliphatic carbocycles. The molecule has 1 N–H and O–H groups in total. The summed E-state index contributed by atoms with van der Waals surface area (Å²) in [5, 5.41) is 3.36. The monoisotopic (exact) mass is 273 g/mol. The van der Waals surface area contributed by atoms with E-state index in [0.29, 0.717) is 0 Å². The highest BCUT2D eigenvalue weighted by Crippen LogP contribution is 2.28. The Morgan fingerprint density at radius 1 is 1.25 bits per heavy atom. The summed E-state index contributed by atoms with van der Waals surface area (Å²) in [7, 11) is 1.97. The van der Waals surface area contributed by atoms with Crippen molar-refractivity contribution in [1.29, 1.82) is 0 Å². The van der Waals surface area contributed by atoms with E-state index in [4.69, 9.17) is 9.15 Å². The molecule has 3 heteroatoms. The summed E-state index contributed by atoms with van der Waals surface area (Å²) < 4.78 is 11.3. The van der Waals surface area contributed by atoms with Gasteiger partial charge in [0.1, 0.15) is 11.5 Å². The summed E-state index contributed by atoms with van der Waals surface area (Å²) in [6.07, 6.45) is 2.83. The number of hydrogen-bond acceptors (Lipinski definition) is 3. The van der Waals surface area contributed by atoms with E-state index in [1.165, 1.54) is 11.1 Å². The van der Waals surface area contributed by atoms with Crippen molar-refractivity contribution in [3.63, 3.8) is 0 Å². The van der Waals surface area contributed by atoms with Crippen molar-refractivity contribution >= 4 is 0 Å². The van der Waals surface area contributed by atoms with Crippen LogP contribution >= 0.6 is 0 Å². The van der Waals surface area contributed by atoms with Crippen molar-refractivity contribution in [2.24, 2.45) is 0 Å². The molecule has 0 fully saturated rings. The molecule has 0 aliphatic rings. The Bertz CT molecular complexity index is 545. The third kappa shape index (κ3) is 3.23. The summed E-state index contributed by atoms with van der Waals surface area (Å²) in [5.74, 6) is 1.93. The normalized spacial score (nSPS) is 12.7. The molecule has 0 aliphatic heterocycles. The summed E-state index contributed by atoms with van der Waals surface area (Å²) in [4.78, 5) is 0. The van der Waals surface area contributed by atoms with Crippen LogP contribution in [-0.4, -0.2) is 13.2 Å². The lowest BCUT2D eigenvalue weighted by Crippen LogP contribution is -2.18. The zero-order valence-electron chi connectivity index (χ0n) is 12.6. The average molecular weight is 273 g/mol. The van der Waals surface area contributed by atoms with E-state index < -0.39 is 0 Å². The summed E-state index contributed by atoms with van der Waals surface area (Å²) in [6, 6.07) is 10.4. The lowest BCUT2D eigenvalue weighted by Gasteiger charge is -2.18. The Morgan fingerprint density at radius 2 is 2.05 bits per heavy atom. The molecule has 0 spiro atoms. The van der Waals surface area contributed by atoms with Gasteiger partial charge < -0.3 is 14.5 Å². The lowest BCUT2D eigenvalue weighted by atomic mass is 9.98. The van der Waals surface area contributed by atoms with Crippen LogP contribution in [0.15, 0.2) is 41.0 Å². The lowest BCUT2D eigenvalue weighted by molar-refractivity contribution is 0.242. The fourth-order valence-corrected chi connectivity index (χ4v) is 2.44. The van der Waals surface area contributed by atoms with Gasteiger partial charge in [0.05, 0.1) is 18.4 Å². The first-order chi connectivity index (χ1) is 9.65. The first-order valence-electron chi connectivity index (χ1n) is 7.15. The maximum Gasteiger partial charge on any atom is 0.120 e. The Balaban J connectivity index is 2.32. The van der Waals surface area contributed by atoms with Crippen molar-refractivity contribution in [1.82, 2.24) is 5.32 Å². The molecule has 2 rings (SSSR count). The van der Waals surface area contributed by atoms with Gasteiger partial charge >= 0.3 is 0 Å². The van der Waals surface area contributed by atoms with Gasteiger partial charge in [-0.1, -0.05) is 19.1 Å². The molecule has 1 heterocycles. The van der Waals surface area contributed by atoms with E-state index in [1.54, 1.807) is 6.26 Å². The Morgan fingerprint density at radius 3 is 2.70 bits per heavy atom. The maximum atomic E-state index is 5.77. The average Bonchev–Trinajstić information content (AvgIpc) is 2.87. The maximum absolute atomic E-state index is 5.77. The van der Waals surface area contributed by atoms with Crippen LogP contribution in [0.3, 0.4) is 0 Å². The molecule has 108 valence electrons. The molecule has 1 aromatic heterocycles. The van der Waals surface area contributed by atoms with Gasteiger partial charge in [0.25, 0.3) is 0 Å². The van der Waals surface area contributed by atoms with E-state index in [9.17, 15) is 0 Å². The van der Waals surface area contributed by atoms with Crippen LogP contribution in [0.5, 0.6) is 5.75 Å². The second-order valence-corrected chi connectivity index (χ2v) is 5.11. The summed E-state index contributed by atoms with van der Waals surface area (Å²) in [6.45, 7) is 6.17. The number of rotatable bonds is 6. The van der Waals surface area contributed by atoms with Gasteiger partial charge in [-0.2, -0.15) is 0 Å². The zero-order chi connectivity index (χ0) is 14.5. The van der Waals surface area contributed by atoms with Crippen molar-refractivity contribution < 1.29 is 9.15 Å². The molecule has 2 aromatic rings. The molecule has 0 radical (unpaired) electrons. The molecule has 0 amide bonds. The van der Waals surface area contributed by atoms with Gasteiger partial charge in [0.2, 0.25) is 0 Å². The van der Waals surface area contributed by atoms with E-state index in [2.05, 4.69) is 24.4 Å². The number of benzene rings is 1. The number of ether oxygens (including phenoxy) is 1. The second kappa shape index (κ2) is 6.62. The van der Waals surface area contributed by atoms with Gasteiger partial charge in [-0.3, -0.25) is 0 Å². The van der Waals surface area contributed by atoms with Crippen LogP contribution in [0, 0.1) is 0 Å². The van der Waals surface area contributed by atoms with Crippen LogP contribution in [-0.2, 0) is 6.42 Å². The van der Waals surface area contributed by atoms with Crippen molar-refractivity contribution in [3.05, 3.63) is 53.5 Å². The number of nitrogens with one attached hydrogen (secondary N) is 1. The highest BCUT2D eigenvalue weighted by atomic mass is 16.5. The van der Waals surface area contributed by atoms with Crippen molar-refractivity contribution in [2.75, 3.05) is 7.05 Å². The van der Waals surface area contributed by atoms with E-state index >= 15 is 0 Å². The first kappa shape index (κ1) is 14.7. The third-order valence-electron chi connectivity index (χ3n) is 3.26. The first-order valence-corrected chi connectivity index (χ1v) is 7.15. The predicted octanol–water partition coefficient (Wildman–Crippen LogP) is 3.94. The smallest absolute Gasteiger partial charge is 0.120 e.